The Morgan fingerprint density at radius 1 is 1.38 bits per heavy atom. The second-order valence-electron chi connectivity index (χ2n) is 5.35. The molecule has 1 aliphatic rings. The Labute approximate surface area is 149 Å². The van der Waals surface area contributed by atoms with E-state index in [1.54, 1.807) is 11.3 Å². The average Bonchev–Trinajstić information content (AvgIpc) is 3.14. The van der Waals surface area contributed by atoms with E-state index >= 15 is 0 Å². The molecule has 1 aromatic heterocycles. The Bertz CT molecular complexity index is 402. The topological polar surface area (TPSA) is 39.7 Å². The first-order valence-corrected chi connectivity index (χ1v) is 8.34. The number of guanidine groups is 1. The highest BCUT2D eigenvalue weighted by Gasteiger charge is 2.18. The second kappa shape index (κ2) is 10.4. The minimum atomic E-state index is 0. The van der Waals surface area contributed by atoms with Gasteiger partial charge in [-0.2, -0.15) is 0 Å². The maximum atomic E-state index is 4.26. The van der Waals surface area contributed by atoms with Crippen molar-refractivity contribution in [3.05, 3.63) is 22.4 Å². The SMILES string of the molecule is CN=C(NCCN(C)C1CCCC1)NCc1cccs1.I. The predicted octanol–water partition coefficient (Wildman–Crippen LogP) is 2.91. The van der Waals surface area contributed by atoms with Crippen LogP contribution in [0.15, 0.2) is 22.5 Å². The summed E-state index contributed by atoms with van der Waals surface area (Å²) in [4.78, 5) is 8.07. The molecule has 6 heteroatoms. The van der Waals surface area contributed by atoms with Crippen LogP contribution in [0.4, 0.5) is 0 Å². The molecule has 0 amide bonds. The summed E-state index contributed by atoms with van der Waals surface area (Å²) in [6.45, 7) is 2.86. The Kier molecular flexibility index (Phi) is 9.26. The minimum absolute atomic E-state index is 0. The summed E-state index contributed by atoms with van der Waals surface area (Å²) in [5, 5.41) is 8.83. The standard InChI is InChI=1S/C15H26N4S.HI/c1-16-15(18-12-14-8-5-11-20-14)17-9-10-19(2)13-6-3-4-7-13;/h5,8,11,13H,3-4,6-7,9-10,12H2,1-2H3,(H2,16,17,18);1H. The molecule has 0 atom stereocenters. The zero-order chi connectivity index (χ0) is 14.2. The van der Waals surface area contributed by atoms with Crippen LogP contribution in [0, 0.1) is 0 Å². The van der Waals surface area contributed by atoms with Gasteiger partial charge in [0, 0.05) is 31.1 Å². The van der Waals surface area contributed by atoms with E-state index in [4.69, 9.17) is 0 Å². The molecule has 0 saturated heterocycles. The van der Waals surface area contributed by atoms with Crippen LogP contribution in [0.5, 0.6) is 0 Å². The molecule has 0 radical (unpaired) electrons. The number of aliphatic imine (C=N–C) groups is 1. The van der Waals surface area contributed by atoms with Crippen LogP contribution >= 0.6 is 35.3 Å². The first kappa shape index (κ1) is 18.7. The molecule has 2 N–H and O–H groups in total. The molecule has 1 heterocycles. The normalized spacial score (nSPS) is 16.0. The van der Waals surface area contributed by atoms with Crippen LogP contribution in [0.2, 0.25) is 0 Å². The zero-order valence-corrected chi connectivity index (χ0v) is 16.1. The van der Waals surface area contributed by atoms with E-state index in [1.807, 2.05) is 7.05 Å². The van der Waals surface area contributed by atoms with Crippen LogP contribution in [-0.2, 0) is 6.54 Å². The lowest BCUT2D eigenvalue weighted by atomic mass is 10.2. The number of nitrogens with zero attached hydrogens (tertiary/aromatic N) is 2. The monoisotopic (exact) mass is 422 g/mol. The number of likely N-dealkylation sites (N-methyl/N-ethyl adjacent to an activating group) is 1. The summed E-state index contributed by atoms with van der Waals surface area (Å²) in [6, 6.07) is 5.01. The molecule has 0 aliphatic heterocycles. The smallest absolute Gasteiger partial charge is 0.191 e. The van der Waals surface area contributed by atoms with Crippen molar-refractivity contribution in [3.8, 4) is 0 Å². The van der Waals surface area contributed by atoms with Crippen LogP contribution in [0.25, 0.3) is 0 Å². The third kappa shape index (κ3) is 6.52. The van der Waals surface area contributed by atoms with Crippen LogP contribution in [0.1, 0.15) is 30.6 Å². The first-order valence-electron chi connectivity index (χ1n) is 7.46. The van der Waals surface area contributed by atoms with Crippen molar-refractivity contribution in [2.24, 2.45) is 4.99 Å². The predicted molar refractivity (Wildman–Crippen MR) is 103 cm³/mol. The fourth-order valence-electron chi connectivity index (χ4n) is 2.68. The summed E-state index contributed by atoms with van der Waals surface area (Å²) in [5.74, 6) is 0.887. The van der Waals surface area contributed by atoms with Crippen molar-refractivity contribution in [3.63, 3.8) is 0 Å². The van der Waals surface area contributed by atoms with Gasteiger partial charge in [0.1, 0.15) is 0 Å². The van der Waals surface area contributed by atoms with Crippen molar-refractivity contribution in [2.75, 3.05) is 27.2 Å². The van der Waals surface area contributed by atoms with Crippen molar-refractivity contribution in [2.45, 2.75) is 38.3 Å². The molecule has 0 bridgehead atoms. The molecule has 0 unspecified atom stereocenters. The number of hydrogen-bond donors (Lipinski definition) is 2. The Hall–Kier alpha value is -0.340. The van der Waals surface area contributed by atoms with Gasteiger partial charge in [-0.15, -0.1) is 35.3 Å². The summed E-state index contributed by atoms with van der Waals surface area (Å²) >= 11 is 1.77. The molecule has 1 aromatic rings. The fraction of sp³-hybridized carbons (Fsp3) is 0.667. The molecule has 120 valence electrons. The maximum Gasteiger partial charge on any atom is 0.191 e. The Morgan fingerprint density at radius 3 is 2.76 bits per heavy atom. The zero-order valence-electron chi connectivity index (χ0n) is 13.0. The van der Waals surface area contributed by atoms with Crippen molar-refractivity contribution in [1.82, 2.24) is 15.5 Å². The molecular formula is C15H27IN4S. The number of thiophene rings is 1. The molecule has 2 rings (SSSR count). The fourth-order valence-corrected chi connectivity index (χ4v) is 3.33. The van der Waals surface area contributed by atoms with Gasteiger partial charge in [-0.25, -0.2) is 0 Å². The van der Waals surface area contributed by atoms with E-state index in [-0.39, 0.29) is 24.0 Å². The minimum Gasteiger partial charge on any atom is -0.355 e. The number of rotatable bonds is 6. The lowest BCUT2D eigenvalue weighted by Gasteiger charge is -2.24. The Balaban J connectivity index is 0.00000220. The Morgan fingerprint density at radius 2 is 2.14 bits per heavy atom. The van der Waals surface area contributed by atoms with Crippen molar-refractivity contribution < 1.29 is 0 Å². The molecule has 1 aliphatic carbocycles. The van der Waals surface area contributed by atoms with Gasteiger partial charge in [-0.1, -0.05) is 18.9 Å². The van der Waals surface area contributed by atoms with Gasteiger partial charge >= 0.3 is 0 Å². The van der Waals surface area contributed by atoms with Crippen molar-refractivity contribution in [1.29, 1.82) is 0 Å². The van der Waals surface area contributed by atoms with Gasteiger partial charge in [-0.05, 0) is 31.3 Å². The van der Waals surface area contributed by atoms with Crippen LogP contribution in [-0.4, -0.2) is 44.1 Å². The maximum absolute atomic E-state index is 4.26. The highest BCUT2D eigenvalue weighted by molar-refractivity contribution is 14.0. The van der Waals surface area contributed by atoms with E-state index in [0.29, 0.717) is 0 Å². The summed E-state index contributed by atoms with van der Waals surface area (Å²) in [7, 11) is 4.06. The molecule has 4 nitrogen and oxygen atoms in total. The van der Waals surface area contributed by atoms with Crippen molar-refractivity contribution >= 4 is 41.3 Å². The number of hydrogen-bond acceptors (Lipinski definition) is 3. The van der Waals surface area contributed by atoms with E-state index in [0.717, 1.165) is 31.6 Å². The molecular weight excluding hydrogens is 395 g/mol. The van der Waals surface area contributed by atoms with Gasteiger partial charge in [-0.3, -0.25) is 4.99 Å². The molecule has 0 spiro atoms. The van der Waals surface area contributed by atoms with Gasteiger partial charge in [0.15, 0.2) is 5.96 Å². The third-order valence-electron chi connectivity index (χ3n) is 3.94. The van der Waals surface area contributed by atoms with E-state index < -0.39 is 0 Å². The van der Waals surface area contributed by atoms with Gasteiger partial charge in [0.2, 0.25) is 0 Å². The summed E-state index contributed by atoms with van der Waals surface area (Å²) < 4.78 is 0. The lowest BCUT2D eigenvalue weighted by molar-refractivity contribution is 0.249. The second-order valence-corrected chi connectivity index (χ2v) is 6.38. The molecule has 1 fully saturated rings. The van der Waals surface area contributed by atoms with E-state index in [1.165, 1.54) is 30.6 Å². The van der Waals surface area contributed by atoms with E-state index in [9.17, 15) is 0 Å². The number of nitrogens with one attached hydrogen (secondary N) is 2. The summed E-state index contributed by atoms with van der Waals surface area (Å²) in [6.07, 6.45) is 5.52. The van der Waals surface area contributed by atoms with Crippen LogP contribution < -0.4 is 10.6 Å². The van der Waals surface area contributed by atoms with Crippen LogP contribution in [0.3, 0.4) is 0 Å². The highest BCUT2D eigenvalue weighted by atomic mass is 127. The molecule has 1 saturated carbocycles. The van der Waals surface area contributed by atoms with Gasteiger partial charge in [0.25, 0.3) is 0 Å². The van der Waals surface area contributed by atoms with Gasteiger partial charge in [0.05, 0.1) is 6.54 Å². The largest absolute Gasteiger partial charge is 0.355 e. The van der Waals surface area contributed by atoms with E-state index in [2.05, 4.69) is 45.1 Å². The average molecular weight is 422 g/mol. The lowest BCUT2D eigenvalue weighted by Crippen LogP contribution is -2.42. The molecule has 0 aromatic carbocycles. The third-order valence-corrected chi connectivity index (χ3v) is 4.82. The first-order chi connectivity index (χ1) is 9.79. The number of halogens is 1. The summed E-state index contributed by atoms with van der Waals surface area (Å²) in [5.41, 5.74) is 0. The highest BCUT2D eigenvalue weighted by Crippen LogP contribution is 2.21. The molecule has 21 heavy (non-hydrogen) atoms. The quantitative estimate of drug-likeness (QED) is 0.421. The van der Waals surface area contributed by atoms with Gasteiger partial charge < -0.3 is 15.5 Å².